The number of nitrogens with zero attached hydrogens (tertiary/aromatic N) is 1. The fourth-order valence-corrected chi connectivity index (χ4v) is 1.27. The molecule has 0 saturated carbocycles. The molecule has 0 aliphatic carbocycles. The van der Waals surface area contributed by atoms with Gasteiger partial charge in [-0.15, -0.1) is 0 Å². The van der Waals surface area contributed by atoms with Gasteiger partial charge in [0.05, 0.1) is 0 Å². The summed E-state index contributed by atoms with van der Waals surface area (Å²) in [4.78, 5) is 11.1. The molecule has 7 heteroatoms. The maximum absolute atomic E-state index is 12.5. The average molecular weight is 228 g/mol. The monoisotopic (exact) mass is 228 g/mol. The number of hydrogen-bond acceptors (Lipinski definition) is 2. The summed E-state index contributed by atoms with van der Waals surface area (Å²) in [6, 6.07) is -2.17. The second-order valence-electron chi connectivity index (χ2n) is 4.12. The van der Waals surface area contributed by atoms with Gasteiger partial charge in [-0.05, 0) is 20.8 Å². The van der Waals surface area contributed by atoms with Crippen LogP contribution in [-0.4, -0.2) is 40.4 Å². The molecule has 0 aromatic heterocycles. The Labute approximate surface area is 85.8 Å². The minimum Gasteiger partial charge on any atom is -0.465 e. The number of halogens is 3. The molecule has 0 fully saturated rings. The van der Waals surface area contributed by atoms with Crippen LogP contribution in [0.5, 0.6) is 0 Å². The summed E-state index contributed by atoms with van der Waals surface area (Å²) in [7, 11) is 0. The highest BCUT2D eigenvalue weighted by Gasteiger charge is 2.48. The summed E-state index contributed by atoms with van der Waals surface area (Å²) in [5.74, 6) is 0. The minimum atomic E-state index is -4.65. The summed E-state index contributed by atoms with van der Waals surface area (Å²) in [6.07, 6.45) is -6.28. The molecule has 15 heavy (non-hydrogen) atoms. The number of rotatable bonds is 2. The zero-order valence-electron chi connectivity index (χ0n) is 8.80. The molecule has 0 heterocycles. The quantitative estimate of drug-likeness (QED) is 0.755. The van der Waals surface area contributed by atoms with Gasteiger partial charge < -0.3 is 10.8 Å². The van der Waals surface area contributed by atoms with Gasteiger partial charge in [-0.1, -0.05) is 0 Å². The van der Waals surface area contributed by atoms with Gasteiger partial charge in [-0.3, -0.25) is 4.90 Å². The molecule has 0 aliphatic heterocycles. The van der Waals surface area contributed by atoms with E-state index in [0.717, 1.165) is 0 Å². The van der Waals surface area contributed by atoms with Gasteiger partial charge in [0, 0.05) is 12.1 Å². The zero-order valence-corrected chi connectivity index (χ0v) is 8.80. The predicted octanol–water partition coefficient (Wildman–Crippen LogP) is 1.65. The Hall–Kier alpha value is -0.980. The maximum atomic E-state index is 12.5. The van der Waals surface area contributed by atoms with E-state index in [2.05, 4.69) is 0 Å². The molecule has 0 unspecified atom stereocenters. The van der Waals surface area contributed by atoms with E-state index in [4.69, 9.17) is 10.8 Å². The molecule has 0 bridgehead atoms. The van der Waals surface area contributed by atoms with E-state index in [1.54, 1.807) is 0 Å². The third-order valence-corrected chi connectivity index (χ3v) is 1.84. The highest BCUT2D eigenvalue weighted by Crippen LogP contribution is 2.29. The van der Waals surface area contributed by atoms with Crippen molar-refractivity contribution in [3.8, 4) is 0 Å². The van der Waals surface area contributed by atoms with Gasteiger partial charge in [0.1, 0.15) is 6.04 Å². The lowest BCUT2D eigenvalue weighted by molar-refractivity contribution is -0.185. The van der Waals surface area contributed by atoms with Crippen LogP contribution in [-0.2, 0) is 0 Å². The average Bonchev–Trinajstić information content (AvgIpc) is 1.93. The predicted molar refractivity (Wildman–Crippen MR) is 48.5 cm³/mol. The van der Waals surface area contributed by atoms with Gasteiger partial charge in [-0.2, -0.15) is 13.2 Å². The molecule has 0 rings (SSSR count). The van der Waals surface area contributed by atoms with Crippen molar-refractivity contribution in [1.29, 1.82) is 0 Å². The third kappa shape index (κ3) is 3.58. The van der Waals surface area contributed by atoms with Crippen molar-refractivity contribution in [2.75, 3.05) is 6.54 Å². The Kier molecular flexibility index (Phi) is 3.98. The second kappa shape index (κ2) is 4.26. The first kappa shape index (κ1) is 14.0. The van der Waals surface area contributed by atoms with Crippen molar-refractivity contribution in [3.05, 3.63) is 0 Å². The summed E-state index contributed by atoms with van der Waals surface area (Å²) >= 11 is 0. The highest BCUT2D eigenvalue weighted by molar-refractivity contribution is 5.66. The third-order valence-electron chi connectivity index (χ3n) is 1.84. The van der Waals surface area contributed by atoms with E-state index in [0.29, 0.717) is 4.90 Å². The number of carboxylic acid groups (broad SMARTS) is 1. The molecule has 4 nitrogen and oxygen atoms in total. The maximum Gasteiger partial charge on any atom is 0.410 e. The molecule has 1 amide bonds. The molecule has 0 radical (unpaired) electrons. The summed E-state index contributed by atoms with van der Waals surface area (Å²) < 4.78 is 37.4. The van der Waals surface area contributed by atoms with Crippen molar-refractivity contribution in [2.45, 2.75) is 38.5 Å². The highest BCUT2D eigenvalue weighted by atomic mass is 19.4. The molecule has 0 spiro atoms. The van der Waals surface area contributed by atoms with Gasteiger partial charge in [0.2, 0.25) is 0 Å². The molecule has 3 N–H and O–H groups in total. The van der Waals surface area contributed by atoms with Crippen molar-refractivity contribution in [3.63, 3.8) is 0 Å². The van der Waals surface area contributed by atoms with E-state index in [1.807, 2.05) is 0 Å². The summed E-state index contributed by atoms with van der Waals surface area (Å²) in [5, 5.41) is 8.74. The van der Waals surface area contributed by atoms with E-state index >= 15 is 0 Å². The fourth-order valence-electron chi connectivity index (χ4n) is 1.27. The summed E-state index contributed by atoms with van der Waals surface area (Å²) in [5.41, 5.74) is 3.82. The Morgan fingerprint density at radius 2 is 1.80 bits per heavy atom. The van der Waals surface area contributed by atoms with Gasteiger partial charge >= 0.3 is 12.3 Å². The molecular weight excluding hydrogens is 213 g/mol. The lowest BCUT2D eigenvalue weighted by Crippen LogP contribution is -2.59. The fraction of sp³-hybridized carbons (Fsp3) is 0.875. The molecule has 0 aliphatic rings. The SMILES string of the molecule is CC(C)(C)N(C(=O)O)[C@H](CN)C(F)(F)F. The van der Waals surface area contributed by atoms with E-state index in [9.17, 15) is 18.0 Å². The van der Waals surface area contributed by atoms with Crippen LogP contribution in [0, 0.1) is 0 Å². The number of hydrogen-bond donors (Lipinski definition) is 2. The Morgan fingerprint density at radius 1 is 1.40 bits per heavy atom. The second-order valence-corrected chi connectivity index (χ2v) is 4.12. The van der Waals surface area contributed by atoms with Crippen LogP contribution in [0.1, 0.15) is 20.8 Å². The number of nitrogens with two attached hydrogens (primary N) is 1. The van der Waals surface area contributed by atoms with Crippen LogP contribution in [0.15, 0.2) is 0 Å². The topological polar surface area (TPSA) is 66.6 Å². The standard InChI is InChI=1S/C8H15F3N2O2/c1-7(2,3)13(6(14)15)5(4-12)8(9,10)11/h5H,4,12H2,1-3H3,(H,14,15)/t5-/m1/s1. The van der Waals surface area contributed by atoms with Crippen LogP contribution in [0.4, 0.5) is 18.0 Å². The normalized spacial score (nSPS) is 14.9. The first-order valence-corrected chi connectivity index (χ1v) is 4.31. The minimum absolute atomic E-state index is 0.326. The van der Waals surface area contributed by atoms with Crippen LogP contribution in [0.25, 0.3) is 0 Å². The first-order chi connectivity index (χ1) is 6.51. The van der Waals surface area contributed by atoms with Crippen LogP contribution >= 0.6 is 0 Å². The van der Waals surface area contributed by atoms with Crippen molar-refractivity contribution >= 4 is 6.09 Å². The van der Waals surface area contributed by atoms with Crippen molar-refractivity contribution in [2.24, 2.45) is 5.73 Å². The van der Waals surface area contributed by atoms with Gasteiger partial charge in [-0.25, -0.2) is 4.79 Å². The Morgan fingerprint density at radius 3 is 1.87 bits per heavy atom. The number of carbonyl (C=O) groups is 1. The van der Waals surface area contributed by atoms with Crippen molar-refractivity contribution in [1.82, 2.24) is 4.90 Å². The summed E-state index contributed by atoms with van der Waals surface area (Å²) in [6.45, 7) is 3.37. The van der Waals surface area contributed by atoms with Crippen molar-refractivity contribution < 1.29 is 23.1 Å². The van der Waals surface area contributed by atoms with Crippen LogP contribution in [0.3, 0.4) is 0 Å². The molecule has 0 saturated heterocycles. The van der Waals surface area contributed by atoms with Crippen LogP contribution < -0.4 is 5.73 Å². The lowest BCUT2D eigenvalue weighted by Gasteiger charge is -2.39. The molecular formula is C8H15F3N2O2. The van der Waals surface area contributed by atoms with E-state index < -0.39 is 30.4 Å². The molecule has 0 aromatic carbocycles. The molecule has 0 aromatic rings. The smallest absolute Gasteiger partial charge is 0.410 e. The lowest BCUT2D eigenvalue weighted by atomic mass is 10.0. The molecule has 90 valence electrons. The van der Waals surface area contributed by atoms with Crippen LogP contribution in [0.2, 0.25) is 0 Å². The van der Waals surface area contributed by atoms with Gasteiger partial charge in [0.15, 0.2) is 0 Å². The Bertz CT molecular complexity index is 235. The van der Waals surface area contributed by atoms with E-state index in [1.165, 1.54) is 20.8 Å². The number of alkyl halides is 3. The van der Waals surface area contributed by atoms with Gasteiger partial charge in [0.25, 0.3) is 0 Å². The molecule has 1 atom stereocenters. The number of amides is 1. The largest absolute Gasteiger partial charge is 0.465 e. The Balaban J connectivity index is 5.15. The zero-order chi connectivity index (χ0) is 12.4. The van der Waals surface area contributed by atoms with E-state index in [-0.39, 0.29) is 0 Å². The first-order valence-electron chi connectivity index (χ1n) is 4.31.